The molecule has 2 aromatic rings. The highest BCUT2D eigenvalue weighted by molar-refractivity contribution is 6.03. The number of pyridine rings is 1. The van der Waals surface area contributed by atoms with E-state index in [2.05, 4.69) is 20.5 Å². The van der Waals surface area contributed by atoms with Crippen molar-refractivity contribution in [1.29, 1.82) is 0 Å². The molecule has 0 radical (unpaired) electrons. The van der Waals surface area contributed by atoms with Crippen LogP contribution in [0.4, 0.5) is 5.82 Å². The molecule has 76 valence electrons. The maximum absolute atomic E-state index is 11.5. The number of H-pyrrole nitrogens is 2. The predicted octanol–water partition coefficient (Wildman–Crippen LogP) is 0.350. The van der Waals surface area contributed by atoms with Crippen LogP contribution < -0.4 is 10.9 Å². The standard InChI is InChI=1S/C9H8N4O2/c14-8-2-1-6(5-10-8)9(15)12-7-3-4-11-13-7/h1-5H,(H,10,14)(H2,11,12,13,15). The Balaban J connectivity index is 2.15. The van der Waals surface area contributed by atoms with E-state index < -0.39 is 0 Å². The lowest BCUT2D eigenvalue weighted by molar-refractivity contribution is 0.102. The molecule has 0 aliphatic rings. The van der Waals surface area contributed by atoms with Crippen molar-refractivity contribution < 1.29 is 4.79 Å². The quantitative estimate of drug-likeness (QED) is 0.659. The summed E-state index contributed by atoms with van der Waals surface area (Å²) in [7, 11) is 0. The predicted molar refractivity (Wildman–Crippen MR) is 53.6 cm³/mol. The third-order valence-electron chi connectivity index (χ3n) is 1.80. The minimum Gasteiger partial charge on any atom is -0.328 e. The van der Waals surface area contributed by atoms with Crippen LogP contribution in [-0.4, -0.2) is 21.1 Å². The molecule has 0 saturated carbocycles. The van der Waals surface area contributed by atoms with Crippen LogP contribution >= 0.6 is 0 Å². The molecule has 0 saturated heterocycles. The molecule has 0 bridgehead atoms. The van der Waals surface area contributed by atoms with Gasteiger partial charge in [-0.05, 0) is 6.07 Å². The van der Waals surface area contributed by atoms with E-state index in [1.807, 2.05) is 0 Å². The Morgan fingerprint density at radius 3 is 2.80 bits per heavy atom. The molecule has 0 aromatic carbocycles. The fourth-order valence-corrected chi connectivity index (χ4v) is 1.07. The van der Waals surface area contributed by atoms with Gasteiger partial charge < -0.3 is 10.3 Å². The molecule has 2 rings (SSSR count). The van der Waals surface area contributed by atoms with Crippen molar-refractivity contribution in [3.05, 3.63) is 46.5 Å². The van der Waals surface area contributed by atoms with Gasteiger partial charge in [0.2, 0.25) is 5.56 Å². The van der Waals surface area contributed by atoms with Crippen LogP contribution in [0.25, 0.3) is 0 Å². The highest BCUT2D eigenvalue weighted by atomic mass is 16.2. The number of carbonyl (C=O) groups excluding carboxylic acids is 1. The Labute approximate surface area is 84.3 Å². The molecule has 0 spiro atoms. The van der Waals surface area contributed by atoms with Crippen LogP contribution in [0.2, 0.25) is 0 Å². The molecule has 2 heterocycles. The van der Waals surface area contributed by atoms with Crippen LogP contribution in [0.15, 0.2) is 35.4 Å². The van der Waals surface area contributed by atoms with Gasteiger partial charge in [-0.3, -0.25) is 14.7 Å². The average molecular weight is 204 g/mol. The number of nitrogens with one attached hydrogen (secondary N) is 3. The Kier molecular flexibility index (Phi) is 2.32. The first-order valence-electron chi connectivity index (χ1n) is 4.25. The molecule has 6 nitrogen and oxygen atoms in total. The molecule has 2 aromatic heterocycles. The van der Waals surface area contributed by atoms with Crippen LogP contribution in [-0.2, 0) is 0 Å². The second-order valence-corrected chi connectivity index (χ2v) is 2.87. The van der Waals surface area contributed by atoms with Gasteiger partial charge in [0.25, 0.3) is 5.91 Å². The zero-order chi connectivity index (χ0) is 10.7. The normalized spacial score (nSPS) is 9.87. The lowest BCUT2D eigenvalue weighted by Crippen LogP contribution is -2.14. The van der Waals surface area contributed by atoms with Crippen molar-refractivity contribution in [3.63, 3.8) is 0 Å². The fourth-order valence-electron chi connectivity index (χ4n) is 1.07. The second-order valence-electron chi connectivity index (χ2n) is 2.87. The first kappa shape index (κ1) is 9.20. The van der Waals surface area contributed by atoms with Gasteiger partial charge in [-0.25, -0.2) is 0 Å². The molecule has 0 fully saturated rings. The van der Waals surface area contributed by atoms with Crippen LogP contribution in [0.5, 0.6) is 0 Å². The molecular weight excluding hydrogens is 196 g/mol. The first-order chi connectivity index (χ1) is 7.25. The number of nitrogens with zero attached hydrogens (tertiary/aromatic N) is 1. The fraction of sp³-hybridized carbons (Fsp3) is 0. The maximum Gasteiger partial charge on any atom is 0.258 e. The summed E-state index contributed by atoms with van der Waals surface area (Å²) in [5.74, 6) is 0.196. The van der Waals surface area contributed by atoms with E-state index in [0.717, 1.165) is 0 Å². The van der Waals surface area contributed by atoms with Crippen LogP contribution in [0, 0.1) is 0 Å². The topological polar surface area (TPSA) is 90.6 Å². The van der Waals surface area contributed by atoms with Crippen molar-refractivity contribution in [2.24, 2.45) is 0 Å². The zero-order valence-corrected chi connectivity index (χ0v) is 7.65. The minimum atomic E-state index is -0.310. The first-order valence-corrected chi connectivity index (χ1v) is 4.25. The number of aromatic nitrogens is 3. The SMILES string of the molecule is O=C(Nc1ccn[nH]1)c1ccc(=O)[nH]c1. The molecule has 3 N–H and O–H groups in total. The van der Waals surface area contributed by atoms with Crippen molar-refractivity contribution in [2.75, 3.05) is 5.32 Å². The van der Waals surface area contributed by atoms with Crippen molar-refractivity contribution in [1.82, 2.24) is 15.2 Å². The molecular formula is C9H8N4O2. The van der Waals surface area contributed by atoms with Crippen LogP contribution in [0.3, 0.4) is 0 Å². The van der Waals surface area contributed by atoms with E-state index >= 15 is 0 Å². The molecule has 0 unspecified atom stereocenters. The van der Waals surface area contributed by atoms with E-state index in [9.17, 15) is 9.59 Å². The second kappa shape index (κ2) is 3.79. The Bertz CT molecular complexity index is 495. The third-order valence-corrected chi connectivity index (χ3v) is 1.80. The maximum atomic E-state index is 11.5. The Morgan fingerprint density at radius 1 is 1.33 bits per heavy atom. The van der Waals surface area contributed by atoms with Gasteiger partial charge >= 0.3 is 0 Å². The van der Waals surface area contributed by atoms with E-state index in [1.165, 1.54) is 24.5 Å². The monoisotopic (exact) mass is 204 g/mol. The lowest BCUT2D eigenvalue weighted by Gasteiger charge is -2.00. The zero-order valence-electron chi connectivity index (χ0n) is 7.65. The summed E-state index contributed by atoms with van der Waals surface area (Å²) in [6.07, 6.45) is 2.89. The highest BCUT2D eigenvalue weighted by Gasteiger charge is 2.05. The Morgan fingerprint density at radius 2 is 2.20 bits per heavy atom. The van der Waals surface area contributed by atoms with Gasteiger partial charge in [0.05, 0.1) is 11.8 Å². The van der Waals surface area contributed by atoms with Gasteiger partial charge in [0, 0.05) is 18.3 Å². The molecule has 0 aliphatic heterocycles. The Hall–Kier alpha value is -2.37. The van der Waals surface area contributed by atoms with Gasteiger partial charge in [-0.1, -0.05) is 0 Å². The van der Waals surface area contributed by atoms with E-state index in [0.29, 0.717) is 11.4 Å². The summed E-state index contributed by atoms with van der Waals surface area (Å²) < 4.78 is 0. The van der Waals surface area contributed by atoms with Crippen molar-refractivity contribution >= 4 is 11.7 Å². The number of rotatable bonds is 2. The summed E-state index contributed by atoms with van der Waals surface area (Å²) in [6, 6.07) is 4.37. The molecule has 1 amide bonds. The smallest absolute Gasteiger partial charge is 0.258 e. The van der Waals surface area contributed by atoms with Crippen LogP contribution in [0.1, 0.15) is 10.4 Å². The van der Waals surface area contributed by atoms with Gasteiger partial charge in [-0.15, -0.1) is 0 Å². The number of anilines is 1. The van der Waals surface area contributed by atoms with Gasteiger partial charge in [-0.2, -0.15) is 5.10 Å². The number of carbonyl (C=O) groups is 1. The number of aromatic amines is 2. The molecule has 0 atom stereocenters. The van der Waals surface area contributed by atoms with Gasteiger partial charge in [0.15, 0.2) is 0 Å². The average Bonchev–Trinajstić information content (AvgIpc) is 2.71. The van der Waals surface area contributed by atoms with E-state index in [4.69, 9.17) is 0 Å². The number of amides is 1. The van der Waals surface area contributed by atoms with Crippen molar-refractivity contribution in [3.8, 4) is 0 Å². The van der Waals surface area contributed by atoms with E-state index in [1.54, 1.807) is 6.07 Å². The molecule has 0 aliphatic carbocycles. The summed E-state index contributed by atoms with van der Waals surface area (Å²) in [4.78, 5) is 24.7. The highest BCUT2D eigenvalue weighted by Crippen LogP contribution is 2.02. The summed E-state index contributed by atoms with van der Waals surface area (Å²) in [5.41, 5.74) is 0.136. The summed E-state index contributed by atoms with van der Waals surface area (Å²) in [6.45, 7) is 0. The molecule has 6 heteroatoms. The molecule has 15 heavy (non-hydrogen) atoms. The lowest BCUT2D eigenvalue weighted by atomic mass is 10.3. The summed E-state index contributed by atoms with van der Waals surface area (Å²) >= 11 is 0. The third kappa shape index (κ3) is 2.11. The van der Waals surface area contributed by atoms with E-state index in [-0.39, 0.29) is 11.5 Å². The van der Waals surface area contributed by atoms with Crippen molar-refractivity contribution in [2.45, 2.75) is 0 Å². The van der Waals surface area contributed by atoms with Gasteiger partial charge in [0.1, 0.15) is 5.82 Å². The minimum absolute atomic E-state index is 0.243. The largest absolute Gasteiger partial charge is 0.328 e. The summed E-state index contributed by atoms with van der Waals surface area (Å²) in [5, 5.41) is 8.86. The number of hydrogen-bond donors (Lipinski definition) is 3. The number of hydrogen-bond acceptors (Lipinski definition) is 3.